The molecular formula is C22H43NaO4S. The third kappa shape index (κ3) is 28.7. The number of unbranched alkanes of at least 4 members (excludes halogenated alkanes) is 18. The van der Waals surface area contributed by atoms with Crippen molar-refractivity contribution in [2.75, 3.05) is 0 Å². The Labute approximate surface area is 197 Å². The van der Waals surface area contributed by atoms with E-state index in [9.17, 15) is 13.0 Å². The Bertz CT molecular complexity index is 424. The third-order valence-electron chi connectivity index (χ3n) is 4.99. The molecule has 0 aromatic heterocycles. The van der Waals surface area contributed by atoms with Crippen molar-refractivity contribution in [2.24, 2.45) is 0 Å². The van der Waals surface area contributed by atoms with E-state index in [1.807, 2.05) is 0 Å². The van der Waals surface area contributed by atoms with Crippen molar-refractivity contribution < 1.29 is 46.7 Å². The van der Waals surface area contributed by atoms with E-state index in [0.717, 1.165) is 25.5 Å². The molecule has 162 valence electrons. The van der Waals surface area contributed by atoms with Crippen molar-refractivity contribution in [3.05, 3.63) is 12.3 Å². The molecule has 4 nitrogen and oxygen atoms in total. The van der Waals surface area contributed by atoms with Gasteiger partial charge in [0.25, 0.3) is 10.4 Å². The standard InChI is InChI=1S/C22H44O4S.Na/c1-2-3-4-5-6-7-8-9-10-11-12-13-14-15-16-17-18-19-20-21-22-26-27(23,24)25;/h21-22H,2-20H2,1H3,(H,23,24,25);/q;+1/p-1/b22-21+;. The van der Waals surface area contributed by atoms with Crippen molar-refractivity contribution in [3.8, 4) is 0 Å². The summed E-state index contributed by atoms with van der Waals surface area (Å²) in [5.41, 5.74) is 0. The molecule has 0 saturated heterocycles. The fourth-order valence-corrected chi connectivity index (χ4v) is 3.55. The van der Waals surface area contributed by atoms with Crippen LogP contribution in [-0.2, 0) is 14.6 Å². The SMILES string of the molecule is CCCCCCCCCCCCCCCCCCCC/C=C/OS(=O)(=O)[O-].[Na+]. The topological polar surface area (TPSA) is 66.4 Å². The Morgan fingerprint density at radius 3 is 1.29 bits per heavy atom. The average molecular weight is 427 g/mol. The van der Waals surface area contributed by atoms with Crippen LogP contribution < -0.4 is 29.6 Å². The molecule has 0 rings (SSSR count). The van der Waals surface area contributed by atoms with E-state index in [-0.39, 0.29) is 29.6 Å². The van der Waals surface area contributed by atoms with Crippen LogP contribution in [0.3, 0.4) is 0 Å². The van der Waals surface area contributed by atoms with Gasteiger partial charge >= 0.3 is 29.6 Å². The Balaban J connectivity index is 0. The molecule has 0 aliphatic carbocycles. The van der Waals surface area contributed by atoms with Gasteiger partial charge in [0.15, 0.2) is 0 Å². The van der Waals surface area contributed by atoms with Gasteiger partial charge in [-0.15, -0.1) is 0 Å². The van der Waals surface area contributed by atoms with Crippen LogP contribution >= 0.6 is 0 Å². The molecule has 0 aliphatic heterocycles. The summed E-state index contributed by atoms with van der Waals surface area (Å²) in [7, 11) is -4.59. The number of allylic oxidation sites excluding steroid dienone is 1. The fourth-order valence-electron chi connectivity index (χ4n) is 3.34. The normalized spacial score (nSPS) is 11.6. The maximum absolute atomic E-state index is 10.2. The van der Waals surface area contributed by atoms with Crippen molar-refractivity contribution in [2.45, 2.75) is 129 Å². The Hall–Kier alpha value is 0.450. The van der Waals surface area contributed by atoms with Gasteiger partial charge in [-0.05, 0) is 18.9 Å². The van der Waals surface area contributed by atoms with E-state index in [1.165, 1.54) is 103 Å². The van der Waals surface area contributed by atoms with Gasteiger partial charge in [-0.1, -0.05) is 116 Å². The Kier molecular flexibility index (Phi) is 26.0. The average Bonchev–Trinajstić information content (AvgIpc) is 2.62. The van der Waals surface area contributed by atoms with Gasteiger partial charge in [0.1, 0.15) is 6.26 Å². The monoisotopic (exact) mass is 426 g/mol. The van der Waals surface area contributed by atoms with E-state index in [1.54, 1.807) is 6.08 Å². The van der Waals surface area contributed by atoms with E-state index in [4.69, 9.17) is 0 Å². The molecule has 6 heteroatoms. The fraction of sp³-hybridized carbons (Fsp3) is 0.909. The van der Waals surface area contributed by atoms with E-state index >= 15 is 0 Å². The minimum Gasteiger partial charge on any atom is -0.716 e. The molecule has 0 atom stereocenters. The van der Waals surface area contributed by atoms with Crippen LogP contribution in [0.25, 0.3) is 0 Å². The molecule has 0 saturated carbocycles. The molecule has 0 radical (unpaired) electrons. The summed E-state index contributed by atoms with van der Waals surface area (Å²) in [4.78, 5) is 0. The molecular weight excluding hydrogens is 383 g/mol. The molecule has 0 N–H and O–H groups in total. The number of hydrogen-bond acceptors (Lipinski definition) is 4. The van der Waals surface area contributed by atoms with Gasteiger partial charge in [0.05, 0.1) is 0 Å². The van der Waals surface area contributed by atoms with Crippen molar-refractivity contribution in [1.82, 2.24) is 0 Å². The minimum absolute atomic E-state index is 0. The van der Waals surface area contributed by atoms with Gasteiger partial charge in [-0.3, -0.25) is 0 Å². The Morgan fingerprint density at radius 2 is 0.964 bits per heavy atom. The van der Waals surface area contributed by atoms with Gasteiger partial charge in [0, 0.05) is 0 Å². The van der Waals surface area contributed by atoms with Crippen LogP contribution in [0.4, 0.5) is 0 Å². The van der Waals surface area contributed by atoms with E-state index < -0.39 is 10.4 Å². The second-order valence-corrected chi connectivity index (χ2v) is 8.68. The van der Waals surface area contributed by atoms with Crippen molar-refractivity contribution >= 4 is 10.4 Å². The quantitative estimate of drug-likeness (QED) is 0.0896. The molecule has 0 bridgehead atoms. The van der Waals surface area contributed by atoms with Gasteiger partial charge < -0.3 is 8.74 Å². The molecule has 0 heterocycles. The summed E-state index contributed by atoms with van der Waals surface area (Å²) < 4.78 is 34.6. The zero-order valence-electron chi connectivity index (χ0n) is 18.6. The van der Waals surface area contributed by atoms with Gasteiger partial charge in [-0.25, -0.2) is 8.42 Å². The summed E-state index contributed by atoms with van der Waals surface area (Å²) in [6.45, 7) is 2.27. The van der Waals surface area contributed by atoms with Crippen LogP contribution in [0.1, 0.15) is 129 Å². The first-order valence-electron chi connectivity index (χ1n) is 11.4. The molecule has 0 spiro atoms. The zero-order valence-corrected chi connectivity index (χ0v) is 21.4. The van der Waals surface area contributed by atoms with Crippen LogP contribution in [0.15, 0.2) is 12.3 Å². The summed E-state index contributed by atoms with van der Waals surface area (Å²) in [6.07, 6.45) is 27.6. The summed E-state index contributed by atoms with van der Waals surface area (Å²) in [5.74, 6) is 0. The number of rotatable bonds is 21. The van der Waals surface area contributed by atoms with Crippen LogP contribution in [0, 0.1) is 0 Å². The first-order chi connectivity index (χ1) is 13.1. The van der Waals surface area contributed by atoms with E-state index in [2.05, 4.69) is 11.1 Å². The maximum atomic E-state index is 10.2. The van der Waals surface area contributed by atoms with E-state index in [0.29, 0.717) is 0 Å². The number of hydrogen-bond donors (Lipinski definition) is 0. The predicted molar refractivity (Wildman–Crippen MR) is 113 cm³/mol. The maximum Gasteiger partial charge on any atom is 1.00 e. The molecule has 0 aliphatic rings. The predicted octanol–water partition coefficient (Wildman–Crippen LogP) is 4.41. The largest absolute Gasteiger partial charge is 1.00 e. The van der Waals surface area contributed by atoms with Gasteiger partial charge in [0.2, 0.25) is 0 Å². The minimum atomic E-state index is -4.59. The molecule has 0 fully saturated rings. The molecule has 0 aromatic carbocycles. The zero-order chi connectivity index (χ0) is 20.1. The van der Waals surface area contributed by atoms with Crippen LogP contribution in [0.5, 0.6) is 0 Å². The summed E-state index contributed by atoms with van der Waals surface area (Å²) in [5, 5.41) is 0. The smallest absolute Gasteiger partial charge is 0.716 e. The second kappa shape index (κ2) is 23.7. The van der Waals surface area contributed by atoms with Crippen LogP contribution in [-0.4, -0.2) is 13.0 Å². The Morgan fingerprint density at radius 1 is 0.643 bits per heavy atom. The third-order valence-corrected chi connectivity index (χ3v) is 5.34. The molecule has 0 unspecified atom stereocenters. The van der Waals surface area contributed by atoms with Crippen molar-refractivity contribution in [3.63, 3.8) is 0 Å². The molecule has 28 heavy (non-hydrogen) atoms. The molecule has 0 aromatic rings. The van der Waals surface area contributed by atoms with Crippen molar-refractivity contribution in [1.29, 1.82) is 0 Å². The first-order valence-corrected chi connectivity index (χ1v) is 12.7. The van der Waals surface area contributed by atoms with Gasteiger partial charge in [-0.2, -0.15) is 0 Å². The summed E-state index contributed by atoms with van der Waals surface area (Å²) >= 11 is 0. The van der Waals surface area contributed by atoms with Crippen LogP contribution in [0.2, 0.25) is 0 Å². The second-order valence-electron chi connectivity index (χ2n) is 7.68. The first kappa shape index (κ1) is 30.6. The summed E-state index contributed by atoms with van der Waals surface area (Å²) in [6, 6.07) is 0. The molecule has 0 amide bonds.